The highest BCUT2D eigenvalue weighted by Crippen LogP contribution is 2.20. The van der Waals surface area contributed by atoms with E-state index in [9.17, 15) is 4.79 Å². The number of carbonyl (C=O) groups excluding carboxylic acids is 1. The van der Waals surface area contributed by atoms with Crippen LogP contribution in [-0.4, -0.2) is 29.3 Å². The van der Waals surface area contributed by atoms with Gasteiger partial charge in [-0.15, -0.1) is 0 Å². The molecule has 0 aliphatic heterocycles. The van der Waals surface area contributed by atoms with Crippen LogP contribution in [0, 0.1) is 0 Å². The number of halogens is 1. The smallest absolute Gasteiger partial charge is 0.221 e. The lowest BCUT2D eigenvalue weighted by Crippen LogP contribution is -2.18. The molecular weight excluding hydrogens is 292 g/mol. The number of benzene rings is 1. The minimum atomic E-state index is -0.173. The number of ether oxygens (including phenoxy) is 2. The van der Waals surface area contributed by atoms with Crippen LogP contribution in [0.25, 0.3) is 0 Å². The van der Waals surface area contributed by atoms with Crippen LogP contribution >= 0.6 is 11.6 Å². The Hall–Kier alpha value is -2.01. The minimum absolute atomic E-state index is 0.0760. The second kappa shape index (κ2) is 7.13. The molecule has 0 fully saturated rings. The summed E-state index contributed by atoms with van der Waals surface area (Å²) >= 11 is 5.80. The highest BCUT2D eigenvalue weighted by molar-refractivity contribution is 6.30. The maximum absolute atomic E-state index is 12.3. The van der Waals surface area contributed by atoms with E-state index in [0.717, 1.165) is 6.42 Å². The Morgan fingerprint density at radius 3 is 2.67 bits per heavy atom. The number of nitrogens with zero attached hydrogens (tertiary/aromatic N) is 2. The molecular formula is C15H17ClN2O3. The van der Waals surface area contributed by atoms with Crippen LogP contribution < -0.4 is 9.47 Å². The molecule has 5 nitrogen and oxygen atoms in total. The fourth-order valence-electron chi connectivity index (χ4n) is 1.93. The molecule has 1 heterocycles. The Morgan fingerprint density at radius 2 is 2.05 bits per heavy atom. The second-order valence-electron chi connectivity index (χ2n) is 4.45. The minimum Gasteiger partial charge on any atom is -0.493 e. The summed E-state index contributed by atoms with van der Waals surface area (Å²) in [6.07, 6.45) is 2.42. The van der Waals surface area contributed by atoms with Gasteiger partial charge in [-0.05, 0) is 30.7 Å². The van der Waals surface area contributed by atoms with E-state index in [1.807, 2.05) is 6.92 Å². The van der Waals surface area contributed by atoms with E-state index >= 15 is 0 Å². The SMILES string of the molecule is CCCn1ncc(OC)c1C(=O)COc1ccc(Cl)cc1. The molecule has 0 bridgehead atoms. The van der Waals surface area contributed by atoms with Gasteiger partial charge in [0, 0.05) is 11.6 Å². The Morgan fingerprint density at radius 1 is 1.33 bits per heavy atom. The third-order valence-corrected chi connectivity index (χ3v) is 3.16. The van der Waals surface area contributed by atoms with Crippen molar-refractivity contribution in [3.05, 3.63) is 41.2 Å². The molecule has 0 spiro atoms. The van der Waals surface area contributed by atoms with Crippen molar-refractivity contribution in [1.82, 2.24) is 9.78 Å². The van der Waals surface area contributed by atoms with Crippen molar-refractivity contribution in [1.29, 1.82) is 0 Å². The van der Waals surface area contributed by atoms with Crippen molar-refractivity contribution in [2.75, 3.05) is 13.7 Å². The van der Waals surface area contributed by atoms with E-state index in [0.29, 0.717) is 28.8 Å². The Bertz CT molecular complexity index is 608. The number of aryl methyl sites for hydroxylation is 1. The predicted octanol–water partition coefficient (Wildman–Crippen LogP) is 3.22. The first-order chi connectivity index (χ1) is 10.2. The molecule has 0 unspecified atom stereocenters. The van der Waals surface area contributed by atoms with Crippen molar-refractivity contribution >= 4 is 17.4 Å². The molecule has 21 heavy (non-hydrogen) atoms. The van der Waals surface area contributed by atoms with Gasteiger partial charge in [0.05, 0.1) is 13.3 Å². The summed E-state index contributed by atoms with van der Waals surface area (Å²) in [4.78, 5) is 12.3. The molecule has 0 atom stereocenters. The molecule has 1 aromatic heterocycles. The van der Waals surface area contributed by atoms with Gasteiger partial charge in [0.15, 0.2) is 12.4 Å². The number of Topliss-reactive ketones (excluding diaryl/α,β-unsaturated/α-hetero) is 1. The summed E-state index contributed by atoms with van der Waals surface area (Å²) in [5.74, 6) is 0.883. The fraction of sp³-hybridized carbons (Fsp3) is 0.333. The fourth-order valence-corrected chi connectivity index (χ4v) is 2.05. The number of rotatable bonds is 7. The highest BCUT2D eigenvalue weighted by atomic mass is 35.5. The van der Waals surface area contributed by atoms with Crippen molar-refractivity contribution in [3.63, 3.8) is 0 Å². The predicted molar refractivity (Wildman–Crippen MR) is 80.3 cm³/mol. The van der Waals surface area contributed by atoms with Crippen LogP contribution in [0.2, 0.25) is 5.02 Å². The van der Waals surface area contributed by atoms with Crippen molar-refractivity contribution in [2.24, 2.45) is 0 Å². The first kappa shape index (κ1) is 15.4. The molecule has 0 saturated carbocycles. The first-order valence-corrected chi connectivity index (χ1v) is 7.04. The second-order valence-corrected chi connectivity index (χ2v) is 4.89. The monoisotopic (exact) mass is 308 g/mol. The normalized spacial score (nSPS) is 10.4. The number of carbonyl (C=O) groups is 1. The van der Waals surface area contributed by atoms with Crippen LogP contribution in [0.15, 0.2) is 30.5 Å². The average molecular weight is 309 g/mol. The number of hydrogen-bond donors (Lipinski definition) is 0. The van der Waals surface area contributed by atoms with E-state index in [1.165, 1.54) is 7.11 Å². The molecule has 0 N–H and O–H groups in total. The zero-order valence-corrected chi connectivity index (χ0v) is 12.8. The largest absolute Gasteiger partial charge is 0.493 e. The van der Waals surface area contributed by atoms with E-state index in [2.05, 4.69) is 5.10 Å². The van der Waals surface area contributed by atoms with Gasteiger partial charge in [-0.1, -0.05) is 18.5 Å². The van der Waals surface area contributed by atoms with Crippen LogP contribution in [0.1, 0.15) is 23.8 Å². The van der Waals surface area contributed by atoms with Crippen LogP contribution in [0.3, 0.4) is 0 Å². The summed E-state index contributed by atoms with van der Waals surface area (Å²) in [6.45, 7) is 2.60. The van der Waals surface area contributed by atoms with Crippen LogP contribution in [-0.2, 0) is 6.54 Å². The van der Waals surface area contributed by atoms with Crippen molar-refractivity contribution in [2.45, 2.75) is 19.9 Å². The van der Waals surface area contributed by atoms with E-state index in [-0.39, 0.29) is 12.4 Å². The van der Waals surface area contributed by atoms with Crippen molar-refractivity contribution in [3.8, 4) is 11.5 Å². The lowest BCUT2D eigenvalue weighted by atomic mass is 10.2. The van der Waals surface area contributed by atoms with Gasteiger partial charge in [0.25, 0.3) is 0 Å². The van der Waals surface area contributed by atoms with Gasteiger partial charge in [-0.3, -0.25) is 9.48 Å². The van der Waals surface area contributed by atoms with Gasteiger partial charge in [0.2, 0.25) is 5.78 Å². The molecule has 0 aliphatic carbocycles. The van der Waals surface area contributed by atoms with E-state index < -0.39 is 0 Å². The molecule has 0 saturated heterocycles. The Labute approximate surface area is 128 Å². The number of methoxy groups -OCH3 is 1. The third kappa shape index (κ3) is 3.76. The van der Waals surface area contributed by atoms with Gasteiger partial charge in [-0.25, -0.2) is 0 Å². The number of hydrogen-bond acceptors (Lipinski definition) is 4. The van der Waals surface area contributed by atoms with Crippen LogP contribution in [0.5, 0.6) is 11.5 Å². The number of aromatic nitrogens is 2. The number of ketones is 1. The molecule has 2 aromatic rings. The molecule has 0 radical (unpaired) electrons. The van der Waals surface area contributed by atoms with Gasteiger partial charge in [0.1, 0.15) is 11.4 Å². The molecule has 112 valence electrons. The van der Waals surface area contributed by atoms with Crippen LogP contribution in [0.4, 0.5) is 0 Å². The third-order valence-electron chi connectivity index (χ3n) is 2.91. The van der Waals surface area contributed by atoms with E-state index in [1.54, 1.807) is 35.1 Å². The summed E-state index contributed by atoms with van der Waals surface area (Å²) in [7, 11) is 1.52. The van der Waals surface area contributed by atoms with Crippen molar-refractivity contribution < 1.29 is 14.3 Å². The summed E-state index contributed by atoms with van der Waals surface area (Å²) < 4.78 is 12.3. The van der Waals surface area contributed by atoms with Gasteiger partial charge in [-0.2, -0.15) is 5.10 Å². The Kier molecular flexibility index (Phi) is 5.22. The topological polar surface area (TPSA) is 53.4 Å². The quantitative estimate of drug-likeness (QED) is 0.737. The first-order valence-electron chi connectivity index (χ1n) is 6.67. The zero-order valence-electron chi connectivity index (χ0n) is 12.0. The van der Waals surface area contributed by atoms with Gasteiger partial charge >= 0.3 is 0 Å². The highest BCUT2D eigenvalue weighted by Gasteiger charge is 2.19. The Balaban J connectivity index is 2.09. The summed E-state index contributed by atoms with van der Waals surface area (Å²) in [5.41, 5.74) is 0.438. The maximum Gasteiger partial charge on any atom is 0.221 e. The molecule has 0 aliphatic rings. The lowest BCUT2D eigenvalue weighted by molar-refractivity contribution is 0.0907. The lowest BCUT2D eigenvalue weighted by Gasteiger charge is -2.09. The standard InChI is InChI=1S/C15H17ClN2O3/c1-3-8-18-15(14(20-2)9-17-18)13(19)10-21-12-6-4-11(16)5-7-12/h4-7,9H,3,8,10H2,1-2H3. The molecule has 2 rings (SSSR count). The summed E-state index contributed by atoms with van der Waals surface area (Å²) in [6, 6.07) is 6.86. The van der Waals surface area contributed by atoms with E-state index in [4.69, 9.17) is 21.1 Å². The summed E-state index contributed by atoms with van der Waals surface area (Å²) in [5, 5.41) is 4.78. The molecule has 0 amide bonds. The van der Waals surface area contributed by atoms with Gasteiger partial charge < -0.3 is 9.47 Å². The zero-order chi connectivity index (χ0) is 15.2. The average Bonchev–Trinajstić information content (AvgIpc) is 2.90. The molecule has 6 heteroatoms. The molecule has 1 aromatic carbocycles. The maximum atomic E-state index is 12.3.